The molecule has 1 saturated carbocycles. The quantitative estimate of drug-likeness (QED) is 0.720. The van der Waals surface area contributed by atoms with Gasteiger partial charge in [0.1, 0.15) is 6.10 Å². The van der Waals surface area contributed by atoms with Gasteiger partial charge in [-0.3, -0.25) is 0 Å². The fourth-order valence-electron chi connectivity index (χ4n) is 1.33. The third-order valence-corrected chi connectivity index (χ3v) is 2.39. The number of nitriles is 1. The van der Waals surface area contributed by atoms with Gasteiger partial charge in [0, 0.05) is 5.56 Å². The molecular formula is C9H9NO2. The second-order valence-corrected chi connectivity index (χ2v) is 3.23. The Morgan fingerprint density at radius 3 is 2.83 bits per heavy atom. The molecule has 0 amide bonds. The summed E-state index contributed by atoms with van der Waals surface area (Å²) in [5, 5.41) is 18.5. The van der Waals surface area contributed by atoms with E-state index in [2.05, 4.69) is 6.07 Å². The van der Waals surface area contributed by atoms with Crippen molar-refractivity contribution in [2.75, 3.05) is 0 Å². The standard InChI is InChI=1S/C9H9NO2/c10-6-9(2-3-9)8(11)7-1-4-12-5-7/h1,4-5,8,11H,2-3H2. The maximum Gasteiger partial charge on any atom is 0.101 e. The van der Waals surface area contributed by atoms with Crippen molar-refractivity contribution >= 4 is 0 Å². The van der Waals surface area contributed by atoms with Crippen LogP contribution < -0.4 is 0 Å². The van der Waals surface area contributed by atoms with Gasteiger partial charge in [-0.2, -0.15) is 5.26 Å². The van der Waals surface area contributed by atoms with Crippen molar-refractivity contribution in [2.45, 2.75) is 18.9 Å². The van der Waals surface area contributed by atoms with Crippen LogP contribution in [0.1, 0.15) is 24.5 Å². The first kappa shape index (κ1) is 7.38. The minimum atomic E-state index is -0.679. The van der Waals surface area contributed by atoms with Crippen molar-refractivity contribution in [3.63, 3.8) is 0 Å². The summed E-state index contributed by atoms with van der Waals surface area (Å²) in [6.45, 7) is 0. The zero-order chi connectivity index (χ0) is 8.60. The topological polar surface area (TPSA) is 57.2 Å². The lowest BCUT2D eigenvalue weighted by atomic mass is 9.96. The Bertz CT molecular complexity index is 306. The first-order valence-electron chi connectivity index (χ1n) is 3.90. The number of hydrogen-bond donors (Lipinski definition) is 1. The van der Waals surface area contributed by atoms with E-state index in [-0.39, 0.29) is 0 Å². The van der Waals surface area contributed by atoms with E-state index in [0.29, 0.717) is 5.56 Å². The highest BCUT2D eigenvalue weighted by atomic mass is 16.3. The van der Waals surface area contributed by atoms with Crippen molar-refractivity contribution in [3.05, 3.63) is 24.2 Å². The molecule has 1 fully saturated rings. The Labute approximate surface area is 70.2 Å². The lowest BCUT2D eigenvalue weighted by Gasteiger charge is -2.12. The van der Waals surface area contributed by atoms with E-state index >= 15 is 0 Å². The van der Waals surface area contributed by atoms with Crippen molar-refractivity contribution in [1.82, 2.24) is 0 Å². The maximum atomic E-state index is 9.72. The van der Waals surface area contributed by atoms with Crippen LogP contribution in [0.5, 0.6) is 0 Å². The molecule has 3 heteroatoms. The van der Waals surface area contributed by atoms with Crippen LogP contribution >= 0.6 is 0 Å². The van der Waals surface area contributed by atoms with Crippen LogP contribution in [0.4, 0.5) is 0 Å². The van der Waals surface area contributed by atoms with Gasteiger partial charge in [-0.1, -0.05) is 0 Å². The highest BCUT2D eigenvalue weighted by Gasteiger charge is 2.50. The number of aliphatic hydroxyl groups excluding tert-OH is 1. The number of hydrogen-bond acceptors (Lipinski definition) is 3. The summed E-state index contributed by atoms with van der Waals surface area (Å²) >= 11 is 0. The number of aliphatic hydroxyl groups is 1. The molecule has 1 aromatic heterocycles. The van der Waals surface area contributed by atoms with E-state index < -0.39 is 11.5 Å². The molecule has 0 radical (unpaired) electrons. The Kier molecular flexibility index (Phi) is 1.45. The monoisotopic (exact) mass is 163 g/mol. The van der Waals surface area contributed by atoms with Crippen LogP contribution in [-0.2, 0) is 0 Å². The third kappa shape index (κ3) is 0.926. The molecule has 12 heavy (non-hydrogen) atoms. The van der Waals surface area contributed by atoms with Crippen LogP contribution in [0.25, 0.3) is 0 Å². The Morgan fingerprint density at radius 2 is 2.42 bits per heavy atom. The van der Waals surface area contributed by atoms with Crippen LogP contribution in [0.15, 0.2) is 23.0 Å². The zero-order valence-electron chi connectivity index (χ0n) is 6.53. The van der Waals surface area contributed by atoms with Gasteiger partial charge in [-0.15, -0.1) is 0 Å². The predicted molar refractivity (Wildman–Crippen MR) is 40.9 cm³/mol. The van der Waals surface area contributed by atoms with Crippen LogP contribution in [-0.4, -0.2) is 5.11 Å². The summed E-state index contributed by atoms with van der Waals surface area (Å²) < 4.78 is 4.83. The van der Waals surface area contributed by atoms with Gasteiger partial charge in [0.15, 0.2) is 0 Å². The molecule has 0 spiro atoms. The lowest BCUT2D eigenvalue weighted by molar-refractivity contribution is 0.122. The Morgan fingerprint density at radius 1 is 1.67 bits per heavy atom. The van der Waals surface area contributed by atoms with Crippen LogP contribution in [0.2, 0.25) is 0 Å². The molecule has 1 aliphatic carbocycles. The first-order chi connectivity index (χ1) is 5.78. The molecule has 2 rings (SSSR count). The van der Waals surface area contributed by atoms with Crippen LogP contribution in [0.3, 0.4) is 0 Å². The minimum Gasteiger partial charge on any atom is -0.472 e. The predicted octanol–water partition coefficient (Wildman–Crippen LogP) is 1.62. The van der Waals surface area contributed by atoms with E-state index in [4.69, 9.17) is 9.68 Å². The van der Waals surface area contributed by atoms with Crippen molar-refractivity contribution in [3.8, 4) is 6.07 Å². The molecule has 62 valence electrons. The highest BCUT2D eigenvalue weighted by Crippen LogP contribution is 2.54. The lowest BCUT2D eigenvalue weighted by Crippen LogP contribution is -2.10. The molecule has 1 aliphatic rings. The molecule has 1 heterocycles. The normalized spacial score (nSPS) is 21.3. The van der Waals surface area contributed by atoms with Crippen molar-refractivity contribution in [2.24, 2.45) is 5.41 Å². The number of furan rings is 1. The van der Waals surface area contributed by atoms with Gasteiger partial charge >= 0.3 is 0 Å². The average Bonchev–Trinajstić information content (AvgIpc) is 2.71. The molecule has 0 aliphatic heterocycles. The van der Waals surface area contributed by atoms with E-state index in [1.807, 2.05) is 0 Å². The van der Waals surface area contributed by atoms with Gasteiger partial charge < -0.3 is 9.52 Å². The summed E-state index contributed by atoms with van der Waals surface area (Å²) in [6.07, 6.45) is 3.89. The molecule has 1 aromatic rings. The third-order valence-electron chi connectivity index (χ3n) is 2.39. The molecule has 0 saturated heterocycles. The fraction of sp³-hybridized carbons (Fsp3) is 0.444. The molecule has 0 bridgehead atoms. The molecule has 1 unspecified atom stereocenters. The molecule has 0 aromatic carbocycles. The van der Waals surface area contributed by atoms with E-state index in [1.54, 1.807) is 6.07 Å². The molecule has 1 atom stereocenters. The molecule has 1 N–H and O–H groups in total. The van der Waals surface area contributed by atoms with E-state index in [0.717, 1.165) is 12.8 Å². The summed E-state index contributed by atoms with van der Waals surface area (Å²) in [4.78, 5) is 0. The second kappa shape index (κ2) is 2.36. The molecular weight excluding hydrogens is 154 g/mol. The largest absolute Gasteiger partial charge is 0.472 e. The van der Waals surface area contributed by atoms with Gasteiger partial charge in [0.2, 0.25) is 0 Å². The smallest absolute Gasteiger partial charge is 0.101 e. The van der Waals surface area contributed by atoms with Gasteiger partial charge in [0.05, 0.1) is 24.0 Å². The number of nitrogens with zero attached hydrogens (tertiary/aromatic N) is 1. The summed E-state index contributed by atoms with van der Waals surface area (Å²) in [5.41, 5.74) is 0.179. The number of rotatable bonds is 2. The Balaban J connectivity index is 2.22. The Hall–Kier alpha value is -1.27. The molecule has 3 nitrogen and oxygen atoms in total. The second-order valence-electron chi connectivity index (χ2n) is 3.23. The van der Waals surface area contributed by atoms with Gasteiger partial charge in [-0.05, 0) is 18.9 Å². The van der Waals surface area contributed by atoms with Crippen LogP contribution in [0, 0.1) is 16.7 Å². The van der Waals surface area contributed by atoms with Gasteiger partial charge in [0.25, 0.3) is 0 Å². The maximum absolute atomic E-state index is 9.72. The summed E-state index contributed by atoms with van der Waals surface area (Å²) in [6, 6.07) is 3.85. The first-order valence-corrected chi connectivity index (χ1v) is 3.90. The SMILES string of the molecule is N#CC1(C(O)c2ccoc2)CC1. The van der Waals surface area contributed by atoms with E-state index in [9.17, 15) is 5.11 Å². The minimum absolute atomic E-state index is 0.524. The summed E-state index contributed by atoms with van der Waals surface area (Å²) in [7, 11) is 0. The average molecular weight is 163 g/mol. The fourth-order valence-corrected chi connectivity index (χ4v) is 1.33. The zero-order valence-corrected chi connectivity index (χ0v) is 6.53. The van der Waals surface area contributed by atoms with E-state index in [1.165, 1.54) is 12.5 Å². The van der Waals surface area contributed by atoms with Crippen molar-refractivity contribution < 1.29 is 9.52 Å². The van der Waals surface area contributed by atoms with Crippen molar-refractivity contribution in [1.29, 1.82) is 5.26 Å². The summed E-state index contributed by atoms with van der Waals surface area (Å²) in [5.74, 6) is 0. The van der Waals surface area contributed by atoms with Gasteiger partial charge in [-0.25, -0.2) is 0 Å². The highest BCUT2D eigenvalue weighted by molar-refractivity contribution is 5.23.